The average molecular weight is 451 g/mol. The molecule has 1 heterocycles. The van der Waals surface area contributed by atoms with Gasteiger partial charge >= 0.3 is 5.97 Å². The van der Waals surface area contributed by atoms with E-state index in [2.05, 4.69) is 10.4 Å². The molecule has 172 valence electrons. The Balaban J connectivity index is 1.52. The minimum Gasteiger partial charge on any atom is -0.496 e. The second-order valence-corrected chi connectivity index (χ2v) is 7.05. The van der Waals surface area contributed by atoms with Gasteiger partial charge in [0.2, 0.25) is 0 Å². The Kier molecular flexibility index (Phi) is 8.18. The molecule has 0 saturated heterocycles. The van der Waals surface area contributed by atoms with Gasteiger partial charge < -0.3 is 19.5 Å². The molecule has 9 heteroatoms. The first-order valence-electron chi connectivity index (χ1n) is 10.3. The van der Waals surface area contributed by atoms with Crippen molar-refractivity contribution in [3.05, 3.63) is 88.3 Å². The Morgan fingerprint density at radius 2 is 1.76 bits per heavy atom. The fourth-order valence-corrected chi connectivity index (χ4v) is 3.07. The maximum atomic E-state index is 12.3. The van der Waals surface area contributed by atoms with Gasteiger partial charge in [0.1, 0.15) is 18.1 Å². The number of carbonyl (C=O) groups excluding carboxylic acids is 2. The molecule has 0 bridgehead atoms. The number of aromatic nitrogens is 2. The number of ether oxygens (including phenoxy) is 3. The fourth-order valence-electron chi connectivity index (χ4n) is 3.07. The van der Waals surface area contributed by atoms with Crippen LogP contribution >= 0.6 is 0 Å². The van der Waals surface area contributed by atoms with Gasteiger partial charge in [-0.3, -0.25) is 9.59 Å². The van der Waals surface area contributed by atoms with Crippen molar-refractivity contribution >= 4 is 11.9 Å². The molecule has 0 fully saturated rings. The molecule has 3 aromatic rings. The number of hydrogen-bond acceptors (Lipinski definition) is 7. The zero-order chi connectivity index (χ0) is 23.6. The van der Waals surface area contributed by atoms with Gasteiger partial charge in [0.05, 0.1) is 19.7 Å². The van der Waals surface area contributed by atoms with E-state index in [1.54, 1.807) is 32.2 Å². The summed E-state index contributed by atoms with van der Waals surface area (Å²) in [5, 5.41) is 6.77. The van der Waals surface area contributed by atoms with E-state index >= 15 is 0 Å². The summed E-state index contributed by atoms with van der Waals surface area (Å²) in [7, 11) is 1.55. The summed E-state index contributed by atoms with van der Waals surface area (Å²) >= 11 is 0. The Labute approximate surface area is 190 Å². The molecule has 0 aliphatic rings. The number of esters is 1. The van der Waals surface area contributed by atoms with Crippen molar-refractivity contribution in [3.8, 4) is 11.5 Å². The lowest BCUT2D eigenvalue weighted by atomic mass is 10.1. The number of hydrogen-bond donors (Lipinski definition) is 1. The van der Waals surface area contributed by atoms with Crippen LogP contribution in [0.2, 0.25) is 0 Å². The van der Waals surface area contributed by atoms with Crippen molar-refractivity contribution in [1.82, 2.24) is 15.1 Å². The van der Waals surface area contributed by atoms with Crippen LogP contribution < -0.4 is 20.3 Å². The Bertz CT molecular complexity index is 1150. The molecule has 0 saturated carbocycles. The SMILES string of the molecule is COc1ccccc1C(C)NC(=O)COC(=O)c1ccc(=O)n(CCOc2ccccc2)n1. The third-order valence-electron chi connectivity index (χ3n) is 4.71. The van der Waals surface area contributed by atoms with Crippen molar-refractivity contribution in [1.29, 1.82) is 0 Å². The maximum Gasteiger partial charge on any atom is 0.359 e. The molecule has 0 aliphatic carbocycles. The van der Waals surface area contributed by atoms with Crippen LogP contribution in [-0.2, 0) is 16.1 Å². The molecule has 33 heavy (non-hydrogen) atoms. The topological polar surface area (TPSA) is 109 Å². The van der Waals surface area contributed by atoms with E-state index < -0.39 is 18.5 Å². The number of para-hydroxylation sites is 2. The lowest BCUT2D eigenvalue weighted by Gasteiger charge is -2.17. The van der Waals surface area contributed by atoms with Gasteiger partial charge in [-0.05, 0) is 31.2 Å². The highest BCUT2D eigenvalue weighted by Crippen LogP contribution is 2.24. The van der Waals surface area contributed by atoms with Gasteiger partial charge in [-0.15, -0.1) is 0 Å². The monoisotopic (exact) mass is 451 g/mol. The molecule has 9 nitrogen and oxygen atoms in total. The zero-order valence-corrected chi connectivity index (χ0v) is 18.4. The highest BCUT2D eigenvalue weighted by molar-refractivity contribution is 5.89. The number of rotatable bonds is 10. The highest BCUT2D eigenvalue weighted by atomic mass is 16.5. The van der Waals surface area contributed by atoms with Crippen molar-refractivity contribution in [2.24, 2.45) is 0 Å². The van der Waals surface area contributed by atoms with Gasteiger partial charge in [-0.25, -0.2) is 9.48 Å². The second kappa shape index (κ2) is 11.5. The van der Waals surface area contributed by atoms with Crippen LogP contribution in [0.5, 0.6) is 11.5 Å². The predicted octanol–water partition coefficient (Wildman–Crippen LogP) is 2.37. The first-order valence-corrected chi connectivity index (χ1v) is 10.3. The normalized spacial score (nSPS) is 11.3. The summed E-state index contributed by atoms with van der Waals surface area (Å²) in [4.78, 5) is 36.6. The van der Waals surface area contributed by atoms with Crippen molar-refractivity contribution in [2.45, 2.75) is 19.5 Å². The largest absolute Gasteiger partial charge is 0.496 e. The molecule has 1 amide bonds. The van der Waals surface area contributed by atoms with E-state index in [0.717, 1.165) is 10.2 Å². The molecule has 0 aliphatic heterocycles. The summed E-state index contributed by atoms with van der Waals surface area (Å²) in [5.74, 6) is 0.0126. The number of nitrogens with one attached hydrogen (secondary N) is 1. The van der Waals surface area contributed by atoms with Crippen molar-refractivity contribution in [3.63, 3.8) is 0 Å². The lowest BCUT2D eigenvalue weighted by molar-refractivity contribution is -0.124. The standard InChI is InChI=1S/C24H25N3O6/c1-17(19-10-6-7-11-21(19)31-2)25-22(28)16-33-24(30)20-12-13-23(29)27(26-20)14-15-32-18-8-4-3-5-9-18/h3-13,17H,14-16H2,1-2H3,(H,25,28). The second-order valence-electron chi connectivity index (χ2n) is 7.05. The van der Waals surface area contributed by atoms with Crippen LogP contribution in [-0.4, -0.2) is 42.0 Å². The van der Waals surface area contributed by atoms with Crippen LogP contribution in [0.3, 0.4) is 0 Å². The number of benzene rings is 2. The third-order valence-corrected chi connectivity index (χ3v) is 4.71. The first kappa shape index (κ1) is 23.5. The first-order chi connectivity index (χ1) is 16.0. The van der Waals surface area contributed by atoms with E-state index in [0.29, 0.717) is 11.5 Å². The molecule has 3 rings (SSSR count). The van der Waals surface area contributed by atoms with Crippen LogP contribution in [0, 0.1) is 0 Å². The molecule has 1 unspecified atom stereocenters. The van der Waals surface area contributed by atoms with E-state index in [4.69, 9.17) is 14.2 Å². The van der Waals surface area contributed by atoms with E-state index in [9.17, 15) is 14.4 Å². The number of nitrogens with zero attached hydrogens (tertiary/aromatic N) is 2. The van der Waals surface area contributed by atoms with Crippen LogP contribution in [0.25, 0.3) is 0 Å². The molecular weight excluding hydrogens is 426 g/mol. The quantitative estimate of drug-likeness (QED) is 0.472. The maximum absolute atomic E-state index is 12.3. The molecule has 2 aromatic carbocycles. The molecule has 1 atom stereocenters. The molecular formula is C24H25N3O6. The van der Waals surface area contributed by atoms with Gasteiger partial charge in [0.25, 0.3) is 11.5 Å². The summed E-state index contributed by atoms with van der Waals surface area (Å²) in [5.41, 5.74) is 0.331. The fraction of sp³-hybridized carbons (Fsp3) is 0.250. The summed E-state index contributed by atoms with van der Waals surface area (Å²) in [6.45, 7) is 1.65. The van der Waals surface area contributed by atoms with Gasteiger partial charge in [-0.2, -0.15) is 5.10 Å². The molecule has 0 radical (unpaired) electrons. The zero-order valence-electron chi connectivity index (χ0n) is 18.4. The molecule has 1 aromatic heterocycles. The van der Waals surface area contributed by atoms with Crippen LogP contribution in [0.1, 0.15) is 29.0 Å². The van der Waals surface area contributed by atoms with Crippen molar-refractivity contribution in [2.75, 3.05) is 20.3 Å². The number of methoxy groups -OCH3 is 1. The Morgan fingerprint density at radius 3 is 2.52 bits per heavy atom. The minimum absolute atomic E-state index is 0.0834. The summed E-state index contributed by atoms with van der Waals surface area (Å²) < 4.78 is 17.0. The Hall–Kier alpha value is -4.14. The van der Waals surface area contributed by atoms with Crippen molar-refractivity contribution < 1.29 is 23.8 Å². The average Bonchev–Trinajstić information content (AvgIpc) is 2.84. The van der Waals surface area contributed by atoms with E-state index in [1.807, 2.05) is 36.4 Å². The van der Waals surface area contributed by atoms with Gasteiger partial charge in [0, 0.05) is 11.6 Å². The minimum atomic E-state index is -0.812. The molecule has 1 N–H and O–H groups in total. The smallest absolute Gasteiger partial charge is 0.359 e. The van der Waals surface area contributed by atoms with Crippen LogP contribution in [0.4, 0.5) is 0 Å². The summed E-state index contributed by atoms with van der Waals surface area (Å²) in [6, 6.07) is 18.6. The van der Waals surface area contributed by atoms with Crippen LogP contribution in [0.15, 0.2) is 71.5 Å². The number of carbonyl (C=O) groups is 2. The lowest BCUT2D eigenvalue weighted by Crippen LogP contribution is -2.32. The van der Waals surface area contributed by atoms with Gasteiger partial charge in [0.15, 0.2) is 12.3 Å². The van der Waals surface area contributed by atoms with Gasteiger partial charge in [-0.1, -0.05) is 36.4 Å². The van der Waals surface area contributed by atoms with E-state index in [1.165, 1.54) is 12.1 Å². The molecule has 0 spiro atoms. The number of amides is 1. The Morgan fingerprint density at radius 1 is 1.03 bits per heavy atom. The third kappa shape index (κ3) is 6.67. The predicted molar refractivity (Wildman–Crippen MR) is 120 cm³/mol. The van der Waals surface area contributed by atoms with E-state index in [-0.39, 0.29) is 30.4 Å². The highest BCUT2D eigenvalue weighted by Gasteiger charge is 2.17. The summed E-state index contributed by atoms with van der Waals surface area (Å²) in [6.07, 6.45) is 0.